The first-order valence-electron chi connectivity index (χ1n) is 5.13. The summed E-state index contributed by atoms with van der Waals surface area (Å²) in [6.45, 7) is 5.93. The Morgan fingerprint density at radius 3 is 2.31 bits per heavy atom. The first kappa shape index (κ1) is 12.5. The molecule has 0 aliphatic heterocycles. The fourth-order valence-corrected chi connectivity index (χ4v) is 1.51. The number of hydrogen-bond acceptors (Lipinski definition) is 2. The topological polar surface area (TPSA) is 59.3 Å². The zero-order chi connectivity index (χ0) is 12.5. The smallest absolute Gasteiger partial charge is 0.352 e. The van der Waals surface area contributed by atoms with Crippen molar-refractivity contribution in [1.82, 2.24) is 4.57 Å². The number of aromatic nitrogens is 1. The lowest BCUT2D eigenvalue weighted by Gasteiger charge is -2.15. The van der Waals surface area contributed by atoms with Crippen molar-refractivity contribution in [2.75, 3.05) is 0 Å². The van der Waals surface area contributed by atoms with Gasteiger partial charge in [0.2, 0.25) is 0 Å². The maximum Gasteiger partial charge on any atom is 0.352 e. The number of carbonyl (C=O) groups is 2. The van der Waals surface area contributed by atoms with Crippen molar-refractivity contribution in [3.63, 3.8) is 0 Å². The van der Waals surface area contributed by atoms with Gasteiger partial charge in [0, 0.05) is 25.2 Å². The fraction of sp³-hybridized carbons (Fsp3) is 0.500. The van der Waals surface area contributed by atoms with E-state index in [4.69, 9.17) is 5.11 Å². The van der Waals surface area contributed by atoms with Crippen molar-refractivity contribution >= 4 is 11.8 Å². The monoisotopic (exact) mass is 223 g/mol. The van der Waals surface area contributed by atoms with Gasteiger partial charge >= 0.3 is 5.97 Å². The number of ketones is 1. The second-order valence-electron chi connectivity index (χ2n) is 5.19. The summed E-state index contributed by atoms with van der Waals surface area (Å²) in [7, 11) is 1.62. The van der Waals surface area contributed by atoms with Gasteiger partial charge in [-0.25, -0.2) is 4.79 Å². The molecule has 4 heteroatoms. The van der Waals surface area contributed by atoms with Crippen LogP contribution in [0.2, 0.25) is 0 Å². The third-order valence-electron chi connectivity index (χ3n) is 2.24. The van der Waals surface area contributed by atoms with Crippen molar-refractivity contribution in [2.24, 2.45) is 12.5 Å². The lowest BCUT2D eigenvalue weighted by Crippen LogP contribution is -2.12. The van der Waals surface area contributed by atoms with Crippen molar-refractivity contribution in [2.45, 2.75) is 27.2 Å². The first-order valence-corrected chi connectivity index (χ1v) is 5.13. The predicted octanol–water partition coefficient (Wildman–Crippen LogP) is 2.34. The molecule has 1 N–H and O–H groups in total. The van der Waals surface area contributed by atoms with Crippen LogP contribution in [0.25, 0.3) is 0 Å². The number of Topliss-reactive ketones (excluding diaryl/α,β-unsaturated/α-hetero) is 1. The third kappa shape index (κ3) is 2.95. The van der Waals surface area contributed by atoms with E-state index in [2.05, 4.69) is 0 Å². The summed E-state index contributed by atoms with van der Waals surface area (Å²) in [5.74, 6) is -1.03. The number of aromatic carboxylic acids is 1. The van der Waals surface area contributed by atoms with Gasteiger partial charge in [0.15, 0.2) is 5.78 Å². The molecule has 1 aromatic rings. The number of carbonyl (C=O) groups excluding carboxylic acids is 1. The van der Waals surface area contributed by atoms with Gasteiger partial charge in [-0.15, -0.1) is 0 Å². The van der Waals surface area contributed by atoms with Crippen LogP contribution in [0.5, 0.6) is 0 Å². The van der Waals surface area contributed by atoms with Crippen LogP contribution in [0.3, 0.4) is 0 Å². The van der Waals surface area contributed by atoms with Gasteiger partial charge in [-0.05, 0) is 11.5 Å². The molecule has 0 aliphatic rings. The first-order chi connectivity index (χ1) is 7.20. The highest BCUT2D eigenvalue weighted by Gasteiger charge is 2.20. The van der Waals surface area contributed by atoms with E-state index in [-0.39, 0.29) is 16.9 Å². The lowest BCUT2D eigenvalue weighted by atomic mass is 9.88. The van der Waals surface area contributed by atoms with E-state index in [9.17, 15) is 9.59 Å². The average molecular weight is 223 g/mol. The van der Waals surface area contributed by atoms with Gasteiger partial charge in [-0.3, -0.25) is 4.79 Å². The van der Waals surface area contributed by atoms with E-state index < -0.39 is 5.97 Å². The highest BCUT2D eigenvalue weighted by molar-refractivity contribution is 5.99. The highest BCUT2D eigenvalue weighted by Crippen LogP contribution is 2.22. The van der Waals surface area contributed by atoms with Crippen molar-refractivity contribution in [1.29, 1.82) is 0 Å². The van der Waals surface area contributed by atoms with Crippen LogP contribution < -0.4 is 0 Å². The van der Waals surface area contributed by atoms with Crippen LogP contribution in [0.15, 0.2) is 12.3 Å². The molecule has 0 atom stereocenters. The summed E-state index contributed by atoms with van der Waals surface area (Å²) in [6, 6.07) is 1.43. The number of aryl methyl sites for hydroxylation is 1. The Bertz CT molecular complexity index is 424. The number of rotatable bonds is 3. The van der Waals surface area contributed by atoms with Gasteiger partial charge in [0.1, 0.15) is 5.69 Å². The number of hydrogen-bond donors (Lipinski definition) is 1. The van der Waals surface area contributed by atoms with Gasteiger partial charge < -0.3 is 9.67 Å². The zero-order valence-corrected chi connectivity index (χ0v) is 10.1. The summed E-state index contributed by atoms with van der Waals surface area (Å²) in [5, 5.41) is 8.86. The molecule has 0 spiro atoms. The predicted molar refractivity (Wildman–Crippen MR) is 60.8 cm³/mol. The van der Waals surface area contributed by atoms with E-state index in [1.807, 2.05) is 20.8 Å². The molecule has 0 saturated heterocycles. The van der Waals surface area contributed by atoms with Crippen LogP contribution in [0, 0.1) is 5.41 Å². The molecular formula is C12H17NO3. The van der Waals surface area contributed by atoms with Crippen molar-refractivity contribution < 1.29 is 14.7 Å². The Balaban J connectivity index is 2.94. The molecule has 1 heterocycles. The number of nitrogens with zero attached hydrogens (tertiary/aromatic N) is 1. The second kappa shape index (κ2) is 4.12. The third-order valence-corrected chi connectivity index (χ3v) is 2.24. The molecule has 0 saturated carbocycles. The van der Waals surface area contributed by atoms with E-state index in [0.29, 0.717) is 12.0 Å². The summed E-state index contributed by atoms with van der Waals surface area (Å²) in [6.07, 6.45) is 1.98. The number of carboxylic acid groups (broad SMARTS) is 1. The largest absolute Gasteiger partial charge is 0.477 e. The molecular weight excluding hydrogens is 206 g/mol. The molecule has 0 fully saturated rings. The molecule has 0 aliphatic carbocycles. The highest BCUT2D eigenvalue weighted by atomic mass is 16.4. The standard InChI is InChI=1S/C12H17NO3/c1-12(2,3)6-10(14)8-5-9(11(15)16)13(4)7-8/h5,7H,6H2,1-4H3,(H,15,16). The minimum Gasteiger partial charge on any atom is -0.477 e. The van der Waals surface area contributed by atoms with Crippen LogP contribution in [0.4, 0.5) is 0 Å². The fourth-order valence-electron chi connectivity index (χ4n) is 1.51. The minimum atomic E-state index is -1.02. The quantitative estimate of drug-likeness (QED) is 0.800. The molecule has 0 unspecified atom stereocenters. The normalized spacial score (nSPS) is 11.5. The molecule has 0 bridgehead atoms. The molecule has 0 aromatic carbocycles. The van der Waals surface area contributed by atoms with Crippen molar-refractivity contribution in [3.8, 4) is 0 Å². The molecule has 1 rings (SSSR count). The minimum absolute atomic E-state index is 0.0180. The molecule has 16 heavy (non-hydrogen) atoms. The van der Waals surface area contributed by atoms with Gasteiger partial charge in [-0.2, -0.15) is 0 Å². The summed E-state index contributed by atoms with van der Waals surface area (Å²) in [5.41, 5.74) is 0.517. The Hall–Kier alpha value is -1.58. The molecule has 0 amide bonds. The van der Waals surface area contributed by atoms with E-state index in [1.54, 1.807) is 13.2 Å². The molecule has 4 nitrogen and oxygen atoms in total. The van der Waals surface area contributed by atoms with Crippen LogP contribution in [0.1, 0.15) is 48.0 Å². The van der Waals surface area contributed by atoms with Gasteiger partial charge in [0.25, 0.3) is 0 Å². The van der Waals surface area contributed by atoms with Crippen LogP contribution in [-0.2, 0) is 7.05 Å². The Kier molecular flexibility index (Phi) is 3.21. The Labute approximate surface area is 94.9 Å². The van der Waals surface area contributed by atoms with E-state index >= 15 is 0 Å². The average Bonchev–Trinajstić information content (AvgIpc) is 2.44. The zero-order valence-electron chi connectivity index (χ0n) is 10.1. The van der Waals surface area contributed by atoms with E-state index in [0.717, 1.165) is 0 Å². The summed E-state index contributed by atoms with van der Waals surface area (Å²) in [4.78, 5) is 22.7. The number of carboxylic acids is 1. The second-order valence-corrected chi connectivity index (χ2v) is 5.19. The maximum absolute atomic E-state index is 11.8. The summed E-state index contributed by atoms with van der Waals surface area (Å²) < 4.78 is 1.46. The molecule has 1 aromatic heterocycles. The lowest BCUT2D eigenvalue weighted by molar-refractivity contribution is 0.0686. The Morgan fingerprint density at radius 1 is 1.38 bits per heavy atom. The van der Waals surface area contributed by atoms with Gasteiger partial charge in [0.05, 0.1) is 0 Å². The van der Waals surface area contributed by atoms with Crippen LogP contribution >= 0.6 is 0 Å². The van der Waals surface area contributed by atoms with Crippen LogP contribution in [-0.4, -0.2) is 21.4 Å². The van der Waals surface area contributed by atoms with Gasteiger partial charge in [-0.1, -0.05) is 20.8 Å². The molecule has 88 valence electrons. The maximum atomic E-state index is 11.8. The summed E-state index contributed by atoms with van der Waals surface area (Å²) >= 11 is 0. The van der Waals surface area contributed by atoms with E-state index in [1.165, 1.54) is 10.6 Å². The SMILES string of the molecule is Cn1cc(C(=O)CC(C)(C)C)cc1C(=O)O. The van der Waals surface area contributed by atoms with Crippen molar-refractivity contribution in [3.05, 3.63) is 23.5 Å². The molecule has 0 radical (unpaired) electrons. The Morgan fingerprint density at radius 2 is 1.94 bits per heavy atom.